The lowest BCUT2D eigenvalue weighted by atomic mass is 10.1. The number of nitrogens with zero attached hydrogens (tertiary/aromatic N) is 1. The van der Waals surface area contributed by atoms with E-state index in [-0.39, 0.29) is 17.5 Å². The molecular formula is C20H24N2O3. The molecule has 1 amide bonds. The fourth-order valence-corrected chi connectivity index (χ4v) is 2.36. The van der Waals surface area contributed by atoms with Crippen LogP contribution in [0.25, 0.3) is 0 Å². The van der Waals surface area contributed by atoms with Crippen LogP contribution >= 0.6 is 0 Å². The van der Waals surface area contributed by atoms with E-state index in [1.54, 1.807) is 36.2 Å². The van der Waals surface area contributed by atoms with E-state index in [1.807, 2.05) is 39.0 Å². The lowest BCUT2D eigenvalue weighted by Gasteiger charge is -2.22. The summed E-state index contributed by atoms with van der Waals surface area (Å²) in [4.78, 5) is 25.2. The van der Waals surface area contributed by atoms with Gasteiger partial charge in [-0.3, -0.25) is 4.79 Å². The second-order valence-corrected chi connectivity index (χ2v) is 6.40. The number of carbonyl (C=O) groups excluding carboxylic acids is 1. The molecule has 0 aliphatic rings. The van der Waals surface area contributed by atoms with Crippen LogP contribution in [0.5, 0.6) is 0 Å². The van der Waals surface area contributed by atoms with Crippen LogP contribution in [0.15, 0.2) is 42.5 Å². The Balaban J connectivity index is 2.11. The van der Waals surface area contributed by atoms with Gasteiger partial charge in [0.15, 0.2) is 0 Å². The van der Waals surface area contributed by atoms with Gasteiger partial charge in [-0.05, 0) is 56.2 Å². The van der Waals surface area contributed by atoms with Gasteiger partial charge in [0.2, 0.25) is 0 Å². The molecule has 0 fully saturated rings. The number of aromatic carboxylic acids is 1. The summed E-state index contributed by atoms with van der Waals surface area (Å²) in [5, 5.41) is 12.2. The zero-order valence-corrected chi connectivity index (χ0v) is 15.0. The van der Waals surface area contributed by atoms with Crippen LogP contribution in [0.3, 0.4) is 0 Å². The summed E-state index contributed by atoms with van der Waals surface area (Å²) in [6, 6.07) is 12.6. The first kappa shape index (κ1) is 18.5. The van der Waals surface area contributed by atoms with E-state index in [4.69, 9.17) is 5.11 Å². The van der Waals surface area contributed by atoms with Gasteiger partial charge in [0.1, 0.15) is 0 Å². The van der Waals surface area contributed by atoms with E-state index >= 15 is 0 Å². The third kappa shape index (κ3) is 4.59. The molecule has 0 aromatic heterocycles. The molecule has 2 rings (SSSR count). The summed E-state index contributed by atoms with van der Waals surface area (Å²) < 4.78 is 0. The molecule has 0 unspecified atom stereocenters. The summed E-state index contributed by atoms with van der Waals surface area (Å²) in [7, 11) is 1.80. The third-order valence-electron chi connectivity index (χ3n) is 4.26. The average Bonchev–Trinajstić information content (AvgIpc) is 2.60. The van der Waals surface area contributed by atoms with Gasteiger partial charge in [0.25, 0.3) is 5.91 Å². The Bertz CT molecular complexity index is 767. The van der Waals surface area contributed by atoms with Gasteiger partial charge in [-0.25, -0.2) is 4.79 Å². The van der Waals surface area contributed by atoms with Crippen LogP contribution in [0.2, 0.25) is 0 Å². The maximum absolute atomic E-state index is 12.6. The van der Waals surface area contributed by atoms with Gasteiger partial charge in [-0.1, -0.05) is 18.2 Å². The smallest absolute Gasteiger partial charge is 0.335 e. The number of carbonyl (C=O) groups is 2. The van der Waals surface area contributed by atoms with Crippen molar-refractivity contribution in [1.82, 2.24) is 4.90 Å². The molecule has 0 atom stereocenters. The van der Waals surface area contributed by atoms with Crippen LogP contribution < -0.4 is 5.32 Å². The molecule has 0 aliphatic carbocycles. The number of hydrogen-bond donors (Lipinski definition) is 2. The number of amides is 1. The van der Waals surface area contributed by atoms with Crippen molar-refractivity contribution in [2.45, 2.75) is 33.4 Å². The number of rotatable bonds is 6. The summed E-state index contributed by atoms with van der Waals surface area (Å²) in [6.45, 7) is 6.44. The molecule has 25 heavy (non-hydrogen) atoms. The minimum absolute atomic E-state index is 0.00182. The molecule has 2 N–H and O–H groups in total. The fraction of sp³-hybridized carbons (Fsp3) is 0.300. The first-order valence-electron chi connectivity index (χ1n) is 8.23. The van der Waals surface area contributed by atoms with Crippen molar-refractivity contribution in [3.05, 3.63) is 64.7 Å². The van der Waals surface area contributed by atoms with E-state index in [9.17, 15) is 9.59 Å². The molecule has 0 saturated heterocycles. The quantitative estimate of drug-likeness (QED) is 0.839. The second-order valence-electron chi connectivity index (χ2n) is 6.40. The monoisotopic (exact) mass is 340 g/mol. The number of anilines is 1. The molecule has 0 saturated carbocycles. The molecule has 2 aromatic carbocycles. The Morgan fingerprint density at radius 1 is 1.12 bits per heavy atom. The van der Waals surface area contributed by atoms with Gasteiger partial charge in [0.05, 0.1) is 5.56 Å². The number of benzene rings is 2. The minimum Gasteiger partial charge on any atom is -0.478 e. The number of carboxylic acid groups (broad SMARTS) is 1. The zero-order chi connectivity index (χ0) is 18.6. The lowest BCUT2D eigenvalue weighted by Crippen LogP contribution is -2.33. The summed E-state index contributed by atoms with van der Waals surface area (Å²) in [5.41, 5.74) is 3.71. The van der Waals surface area contributed by atoms with Crippen LogP contribution in [0.4, 0.5) is 5.69 Å². The highest BCUT2D eigenvalue weighted by Gasteiger charge is 2.16. The zero-order valence-electron chi connectivity index (χ0n) is 15.0. The van der Waals surface area contributed by atoms with Crippen molar-refractivity contribution in [2.24, 2.45) is 0 Å². The molecule has 132 valence electrons. The summed E-state index contributed by atoms with van der Waals surface area (Å²) >= 11 is 0. The maximum Gasteiger partial charge on any atom is 0.335 e. The molecule has 2 aromatic rings. The maximum atomic E-state index is 12.6. The van der Waals surface area contributed by atoms with E-state index in [1.165, 1.54) is 0 Å². The van der Waals surface area contributed by atoms with Crippen LogP contribution in [-0.2, 0) is 6.54 Å². The van der Waals surface area contributed by atoms with Crippen molar-refractivity contribution in [3.8, 4) is 0 Å². The summed E-state index contributed by atoms with van der Waals surface area (Å²) in [5.74, 6) is -0.933. The molecule has 0 spiro atoms. The highest BCUT2D eigenvalue weighted by molar-refractivity contribution is 5.96. The Hall–Kier alpha value is -2.82. The van der Waals surface area contributed by atoms with Crippen molar-refractivity contribution in [2.75, 3.05) is 12.4 Å². The Morgan fingerprint density at radius 2 is 1.76 bits per heavy atom. The molecule has 5 heteroatoms. The molecule has 0 radical (unpaired) electrons. The first-order chi connectivity index (χ1) is 11.8. The van der Waals surface area contributed by atoms with Crippen LogP contribution in [0, 0.1) is 6.92 Å². The fourth-order valence-electron chi connectivity index (χ4n) is 2.36. The number of nitrogens with one attached hydrogen (secondary N) is 1. The van der Waals surface area contributed by atoms with Crippen LogP contribution in [0.1, 0.15) is 45.7 Å². The Labute approximate surface area is 148 Å². The first-order valence-corrected chi connectivity index (χ1v) is 8.23. The van der Waals surface area contributed by atoms with E-state index < -0.39 is 5.97 Å². The normalized spacial score (nSPS) is 10.6. The second kappa shape index (κ2) is 7.83. The molecule has 0 aliphatic heterocycles. The van der Waals surface area contributed by atoms with Crippen LogP contribution in [-0.4, -0.2) is 35.0 Å². The standard InChI is InChI=1S/C20H24N2O3/c1-13(2)22(4)19(23)18-11-17(10-5-14(18)3)21-12-15-6-8-16(9-7-15)20(24)25/h5-11,13,21H,12H2,1-4H3,(H,24,25). The Morgan fingerprint density at radius 3 is 2.32 bits per heavy atom. The Kier molecular flexibility index (Phi) is 5.80. The van der Waals surface area contributed by atoms with E-state index in [0.29, 0.717) is 12.1 Å². The van der Waals surface area contributed by atoms with Gasteiger partial charge >= 0.3 is 5.97 Å². The highest BCUT2D eigenvalue weighted by atomic mass is 16.4. The minimum atomic E-state index is -0.935. The number of hydrogen-bond acceptors (Lipinski definition) is 3. The number of carboxylic acids is 1. The van der Waals surface area contributed by atoms with Crippen molar-refractivity contribution >= 4 is 17.6 Å². The van der Waals surface area contributed by atoms with Crippen molar-refractivity contribution in [3.63, 3.8) is 0 Å². The van der Waals surface area contributed by atoms with Gasteiger partial charge in [0, 0.05) is 30.9 Å². The lowest BCUT2D eigenvalue weighted by molar-refractivity contribution is 0.0695. The molecule has 0 heterocycles. The van der Waals surface area contributed by atoms with Gasteiger partial charge in [-0.15, -0.1) is 0 Å². The molecule has 5 nitrogen and oxygen atoms in total. The third-order valence-corrected chi connectivity index (χ3v) is 4.26. The van der Waals surface area contributed by atoms with Crippen molar-refractivity contribution < 1.29 is 14.7 Å². The molecular weight excluding hydrogens is 316 g/mol. The summed E-state index contributed by atoms with van der Waals surface area (Å²) in [6.07, 6.45) is 0. The average molecular weight is 340 g/mol. The number of aryl methyl sites for hydroxylation is 1. The van der Waals surface area contributed by atoms with E-state index in [2.05, 4.69) is 5.32 Å². The van der Waals surface area contributed by atoms with Crippen molar-refractivity contribution in [1.29, 1.82) is 0 Å². The van der Waals surface area contributed by atoms with Gasteiger partial charge in [-0.2, -0.15) is 0 Å². The highest BCUT2D eigenvalue weighted by Crippen LogP contribution is 2.19. The molecule has 0 bridgehead atoms. The van der Waals surface area contributed by atoms with E-state index in [0.717, 1.165) is 16.8 Å². The predicted octanol–water partition coefficient (Wildman–Crippen LogP) is 3.79. The topological polar surface area (TPSA) is 69.6 Å². The largest absolute Gasteiger partial charge is 0.478 e. The predicted molar refractivity (Wildman–Crippen MR) is 99.1 cm³/mol. The van der Waals surface area contributed by atoms with Gasteiger partial charge < -0.3 is 15.3 Å². The SMILES string of the molecule is Cc1ccc(NCc2ccc(C(=O)O)cc2)cc1C(=O)N(C)C(C)C.